The molecule has 0 aromatic heterocycles. The second-order valence-electron chi connectivity index (χ2n) is 1.01. The summed E-state index contributed by atoms with van der Waals surface area (Å²) in [6.07, 6.45) is 1.98. The van der Waals surface area contributed by atoms with Crippen molar-refractivity contribution in [3.05, 3.63) is 12.2 Å². The van der Waals surface area contributed by atoms with Crippen LogP contribution in [0.25, 0.3) is 0 Å². The monoisotopic (exact) mass is 152 g/mol. The third-order valence-corrected chi connectivity index (χ3v) is 0.503. The Balaban J connectivity index is 0. The van der Waals surface area contributed by atoms with Gasteiger partial charge in [0, 0.05) is 5.88 Å². The molecule has 0 aromatic rings. The first-order chi connectivity index (χ1) is 4.15. The first kappa shape index (κ1) is 11.1. The minimum Gasteiger partial charge on any atom is -0.450 e. The molecule has 0 saturated heterocycles. The Morgan fingerprint density at radius 2 is 2.00 bits per heavy atom. The van der Waals surface area contributed by atoms with Crippen molar-refractivity contribution in [2.45, 2.75) is 6.92 Å². The molecule has 0 atom stereocenters. The molecule has 0 aliphatic heterocycles. The molecule has 4 heteroatoms. The summed E-state index contributed by atoms with van der Waals surface area (Å²) in [6, 6.07) is 0. The summed E-state index contributed by atoms with van der Waals surface area (Å²) in [7, 11) is 0. The normalized spacial score (nSPS) is 8.22. The maximum atomic E-state index is 8.56. The second-order valence-corrected chi connectivity index (χ2v) is 1.31. The maximum absolute atomic E-state index is 8.56. The van der Waals surface area contributed by atoms with E-state index < -0.39 is 6.16 Å². The highest BCUT2D eigenvalue weighted by Gasteiger charge is 1.70. The molecule has 0 fully saturated rings. The van der Waals surface area contributed by atoms with Gasteiger partial charge in [-0.3, -0.25) is 0 Å². The van der Waals surface area contributed by atoms with E-state index in [1.165, 1.54) is 0 Å². The van der Waals surface area contributed by atoms with Crippen LogP contribution in [-0.4, -0.2) is 22.2 Å². The minimum absolute atomic E-state index is 0.635. The van der Waals surface area contributed by atoms with Crippen LogP contribution in [0, 0.1) is 0 Å². The standard InChI is InChI=1S/C4H7Cl.CH2O3/c1-2-3-4-5;2-1(3)4/h2-3H,4H2,1H3;(H2,2,3,4). The van der Waals surface area contributed by atoms with E-state index in [2.05, 4.69) is 0 Å². The van der Waals surface area contributed by atoms with E-state index in [9.17, 15) is 0 Å². The fourth-order valence-corrected chi connectivity index (χ4v) is 0.267. The van der Waals surface area contributed by atoms with Crippen molar-refractivity contribution in [1.29, 1.82) is 0 Å². The van der Waals surface area contributed by atoms with E-state index in [-0.39, 0.29) is 0 Å². The molecule has 0 bridgehead atoms. The number of allylic oxidation sites excluding steroid dienone is 2. The van der Waals surface area contributed by atoms with Gasteiger partial charge in [-0.15, -0.1) is 11.6 Å². The summed E-state index contributed by atoms with van der Waals surface area (Å²) in [5.74, 6) is 0.635. The Bertz CT molecular complexity index is 86.2. The Kier molecular flexibility index (Phi) is 12.8. The van der Waals surface area contributed by atoms with Gasteiger partial charge in [0.2, 0.25) is 0 Å². The van der Waals surface area contributed by atoms with Crippen LogP contribution in [-0.2, 0) is 0 Å². The largest absolute Gasteiger partial charge is 0.503 e. The summed E-state index contributed by atoms with van der Waals surface area (Å²) >= 11 is 5.21. The summed E-state index contributed by atoms with van der Waals surface area (Å²) in [6.45, 7) is 1.95. The van der Waals surface area contributed by atoms with Crippen LogP contribution in [0.2, 0.25) is 0 Å². The van der Waals surface area contributed by atoms with Crippen LogP contribution in [0.1, 0.15) is 6.92 Å². The predicted molar refractivity (Wildman–Crippen MR) is 36.2 cm³/mol. The van der Waals surface area contributed by atoms with Crippen LogP contribution in [0.3, 0.4) is 0 Å². The second kappa shape index (κ2) is 10.3. The molecule has 9 heavy (non-hydrogen) atoms. The van der Waals surface area contributed by atoms with Crippen molar-refractivity contribution in [3.8, 4) is 0 Å². The molecule has 0 aromatic carbocycles. The Labute approximate surface area is 58.6 Å². The summed E-state index contributed by atoms with van der Waals surface area (Å²) < 4.78 is 0. The van der Waals surface area contributed by atoms with Crippen LogP contribution < -0.4 is 0 Å². The zero-order valence-electron chi connectivity index (χ0n) is 5.04. The average molecular weight is 153 g/mol. The van der Waals surface area contributed by atoms with Gasteiger partial charge >= 0.3 is 6.16 Å². The van der Waals surface area contributed by atoms with Gasteiger partial charge in [-0.1, -0.05) is 12.2 Å². The topological polar surface area (TPSA) is 57.5 Å². The fourth-order valence-electron chi connectivity index (χ4n) is 0.0891. The van der Waals surface area contributed by atoms with E-state index >= 15 is 0 Å². The highest BCUT2D eigenvalue weighted by molar-refractivity contribution is 6.18. The van der Waals surface area contributed by atoms with Crippen molar-refractivity contribution >= 4 is 17.8 Å². The highest BCUT2D eigenvalue weighted by Crippen LogP contribution is 1.73. The minimum atomic E-state index is -1.83. The number of halogens is 1. The number of alkyl halides is 1. The quantitative estimate of drug-likeness (QED) is 0.447. The third-order valence-electron chi connectivity index (χ3n) is 0.325. The molecule has 0 aliphatic carbocycles. The molecule has 2 N–H and O–H groups in total. The molecule has 0 saturated carbocycles. The molecule has 0 spiro atoms. The molecule has 0 unspecified atom stereocenters. The lowest BCUT2D eigenvalue weighted by Crippen LogP contribution is -1.81. The van der Waals surface area contributed by atoms with Gasteiger partial charge in [-0.05, 0) is 6.92 Å². The number of carboxylic acid groups (broad SMARTS) is 2. The lowest BCUT2D eigenvalue weighted by atomic mass is 10.6. The van der Waals surface area contributed by atoms with E-state index in [0.717, 1.165) is 0 Å². The zero-order chi connectivity index (χ0) is 7.70. The number of carbonyl (C=O) groups is 1. The maximum Gasteiger partial charge on any atom is 0.503 e. The van der Waals surface area contributed by atoms with E-state index in [0.29, 0.717) is 5.88 Å². The van der Waals surface area contributed by atoms with E-state index in [4.69, 9.17) is 26.6 Å². The predicted octanol–water partition coefficient (Wildman–Crippen LogP) is 2.02. The van der Waals surface area contributed by atoms with Crippen LogP contribution in [0.15, 0.2) is 12.2 Å². The van der Waals surface area contributed by atoms with E-state index in [1.54, 1.807) is 0 Å². The zero-order valence-corrected chi connectivity index (χ0v) is 5.80. The SMILES string of the molecule is CC=CCCl.O=C(O)O. The number of hydrogen-bond donors (Lipinski definition) is 2. The van der Waals surface area contributed by atoms with Crippen molar-refractivity contribution in [2.75, 3.05) is 5.88 Å². The van der Waals surface area contributed by atoms with Gasteiger partial charge in [0.25, 0.3) is 0 Å². The third kappa shape index (κ3) is 121. The Morgan fingerprint density at radius 1 is 1.67 bits per heavy atom. The van der Waals surface area contributed by atoms with E-state index in [1.807, 2.05) is 19.1 Å². The molecule has 0 aliphatic rings. The molecular formula is C5H9ClO3. The number of hydrogen-bond acceptors (Lipinski definition) is 1. The fraction of sp³-hybridized carbons (Fsp3) is 0.400. The van der Waals surface area contributed by atoms with Gasteiger partial charge in [-0.2, -0.15) is 0 Å². The smallest absolute Gasteiger partial charge is 0.450 e. The lowest BCUT2D eigenvalue weighted by molar-refractivity contribution is 0.137. The summed E-state index contributed by atoms with van der Waals surface area (Å²) in [5.41, 5.74) is 0. The molecule has 0 amide bonds. The van der Waals surface area contributed by atoms with Crippen molar-refractivity contribution in [3.63, 3.8) is 0 Å². The van der Waals surface area contributed by atoms with Crippen LogP contribution in [0.4, 0.5) is 4.79 Å². The van der Waals surface area contributed by atoms with Crippen molar-refractivity contribution in [2.24, 2.45) is 0 Å². The molecule has 0 heterocycles. The van der Waals surface area contributed by atoms with Gasteiger partial charge in [0.1, 0.15) is 0 Å². The molecular weight excluding hydrogens is 144 g/mol. The molecule has 0 radical (unpaired) electrons. The van der Waals surface area contributed by atoms with Crippen LogP contribution >= 0.6 is 11.6 Å². The van der Waals surface area contributed by atoms with Gasteiger partial charge in [-0.25, -0.2) is 4.79 Å². The Morgan fingerprint density at radius 3 is 2.00 bits per heavy atom. The van der Waals surface area contributed by atoms with Gasteiger partial charge in [0.15, 0.2) is 0 Å². The van der Waals surface area contributed by atoms with Gasteiger partial charge < -0.3 is 10.2 Å². The lowest BCUT2D eigenvalue weighted by Gasteiger charge is -1.63. The first-order valence-corrected chi connectivity index (χ1v) is 2.77. The molecule has 3 nitrogen and oxygen atoms in total. The Hall–Kier alpha value is -0.700. The summed E-state index contributed by atoms with van der Waals surface area (Å²) in [5, 5.41) is 13.9. The highest BCUT2D eigenvalue weighted by atomic mass is 35.5. The van der Waals surface area contributed by atoms with Crippen molar-refractivity contribution in [1.82, 2.24) is 0 Å². The molecule has 54 valence electrons. The van der Waals surface area contributed by atoms with Crippen molar-refractivity contribution < 1.29 is 15.0 Å². The average Bonchev–Trinajstić information content (AvgIpc) is 1.66. The van der Waals surface area contributed by atoms with Crippen LogP contribution in [0.5, 0.6) is 0 Å². The molecule has 0 rings (SSSR count). The summed E-state index contributed by atoms with van der Waals surface area (Å²) in [4.78, 5) is 8.56. The number of rotatable bonds is 1. The van der Waals surface area contributed by atoms with Gasteiger partial charge in [0.05, 0.1) is 0 Å². The first-order valence-electron chi connectivity index (χ1n) is 2.24.